The predicted molar refractivity (Wildman–Crippen MR) is 117 cm³/mol. The van der Waals surface area contributed by atoms with E-state index < -0.39 is 0 Å². The summed E-state index contributed by atoms with van der Waals surface area (Å²) in [5, 5.41) is 0. The van der Waals surface area contributed by atoms with Crippen LogP contribution in [0, 0.1) is 0 Å². The number of rotatable bonds is 7. The van der Waals surface area contributed by atoms with Gasteiger partial charge in [-0.2, -0.15) is 0 Å². The topological polar surface area (TPSA) is 57.2 Å². The van der Waals surface area contributed by atoms with Crippen molar-refractivity contribution in [1.82, 2.24) is 4.90 Å². The number of benzene rings is 2. The minimum absolute atomic E-state index is 0.0261. The Morgan fingerprint density at radius 2 is 1.63 bits per heavy atom. The summed E-state index contributed by atoms with van der Waals surface area (Å²) in [5.74, 6) is 2.79. The molecule has 2 aromatic carbocycles. The Hall–Kier alpha value is -3.41. The van der Waals surface area contributed by atoms with Crippen LogP contribution < -0.4 is 18.9 Å². The third-order valence-electron chi connectivity index (χ3n) is 5.07. The van der Waals surface area contributed by atoms with Crippen molar-refractivity contribution in [3.8, 4) is 23.0 Å². The minimum Gasteiger partial charge on any atom is -0.497 e. The molecule has 1 aliphatic rings. The van der Waals surface area contributed by atoms with E-state index >= 15 is 0 Å². The maximum absolute atomic E-state index is 12.6. The molecule has 0 radical (unpaired) electrons. The van der Waals surface area contributed by atoms with Crippen LogP contribution in [0.4, 0.5) is 0 Å². The van der Waals surface area contributed by atoms with Crippen molar-refractivity contribution >= 4 is 17.6 Å². The number of hydrogen-bond donors (Lipinski definition) is 0. The summed E-state index contributed by atoms with van der Waals surface area (Å²) in [4.78, 5) is 14.4. The van der Waals surface area contributed by atoms with Crippen molar-refractivity contribution in [1.29, 1.82) is 0 Å². The largest absolute Gasteiger partial charge is 0.497 e. The molecule has 0 N–H and O–H groups in total. The van der Waals surface area contributed by atoms with Crippen LogP contribution in [0.1, 0.15) is 17.5 Å². The predicted octanol–water partition coefficient (Wildman–Crippen LogP) is 4.05. The van der Waals surface area contributed by atoms with Crippen LogP contribution in [0.25, 0.3) is 11.6 Å². The normalized spacial score (nSPS) is 13.7. The SMILES string of the molecule is COc1cccc(/C=C/C(=O)N2CC=C(c3c(OC)cc(OC)cc3OC)CC2)c1. The smallest absolute Gasteiger partial charge is 0.246 e. The van der Waals surface area contributed by atoms with Crippen LogP contribution in [0.15, 0.2) is 48.6 Å². The maximum atomic E-state index is 12.6. The third kappa shape index (κ3) is 4.76. The Morgan fingerprint density at radius 3 is 2.20 bits per heavy atom. The number of carbonyl (C=O) groups excluding carboxylic acids is 1. The zero-order valence-electron chi connectivity index (χ0n) is 17.8. The Kier molecular flexibility index (Phi) is 7.01. The summed E-state index contributed by atoms with van der Waals surface area (Å²) >= 11 is 0. The van der Waals surface area contributed by atoms with Gasteiger partial charge in [-0.3, -0.25) is 4.79 Å². The van der Waals surface area contributed by atoms with Gasteiger partial charge < -0.3 is 23.8 Å². The molecule has 0 unspecified atom stereocenters. The fourth-order valence-corrected chi connectivity index (χ4v) is 3.44. The molecule has 0 bridgehead atoms. The quantitative estimate of drug-likeness (QED) is 0.646. The molecule has 0 saturated carbocycles. The lowest BCUT2D eigenvalue weighted by Gasteiger charge is -2.27. The van der Waals surface area contributed by atoms with E-state index in [4.69, 9.17) is 18.9 Å². The highest BCUT2D eigenvalue weighted by molar-refractivity contribution is 5.92. The van der Waals surface area contributed by atoms with Gasteiger partial charge in [0.25, 0.3) is 0 Å². The number of amides is 1. The average Bonchev–Trinajstić information content (AvgIpc) is 2.81. The fraction of sp³-hybridized carbons (Fsp3) is 0.292. The van der Waals surface area contributed by atoms with E-state index in [1.54, 1.807) is 40.6 Å². The van der Waals surface area contributed by atoms with E-state index in [-0.39, 0.29) is 5.91 Å². The van der Waals surface area contributed by atoms with Gasteiger partial charge in [0, 0.05) is 31.3 Å². The van der Waals surface area contributed by atoms with E-state index in [1.807, 2.05) is 47.4 Å². The van der Waals surface area contributed by atoms with Crippen LogP contribution in [0.3, 0.4) is 0 Å². The maximum Gasteiger partial charge on any atom is 0.246 e. The first-order valence-electron chi connectivity index (χ1n) is 9.70. The molecule has 0 saturated heterocycles. The highest BCUT2D eigenvalue weighted by atomic mass is 16.5. The van der Waals surface area contributed by atoms with E-state index in [1.165, 1.54) is 0 Å². The molecule has 1 heterocycles. The monoisotopic (exact) mass is 409 g/mol. The van der Waals surface area contributed by atoms with E-state index in [0.717, 1.165) is 22.4 Å². The summed E-state index contributed by atoms with van der Waals surface area (Å²) in [7, 11) is 6.48. The molecule has 30 heavy (non-hydrogen) atoms. The van der Waals surface area contributed by atoms with Crippen molar-refractivity contribution in [2.24, 2.45) is 0 Å². The molecule has 6 heteroatoms. The number of carbonyl (C=O) groups is 1. The van der Waals surface area contributed by atoms with Crippen LogP contribution in [-0.2, 0) is 4.79 Å². The summed E-state index contributed by atoms with van der Waals surface area (Å²) in [5.41, 5.74) is 2.91. The molecule has 0 spiro atoms. The first-order chi connectivity index (χ1) is 14.6. The molecule has 0 aromatic heterocycles. The minimum atomic E-state index is -0.0261. The van der Waals surface area contributed by atoms with Crippen LogP contribution in [-0.4, -0.2) is 52.3 Å². The molecule has 0 atom stereocenters. The van der Waals surface area contributed by atoms with Crippen molar-refractivity contribution in [3.05, 3.63) is 59.7 Å². The van der Waals surface area contributed by atoms with Gasteiger partial charge >= 0.3 is 0 Å². The number of hydrogen-bond acceptors (Lipinski definition) is 5. The Labute approximate surface area is 177 Å². The molecule has 2 aromatic rings. The van der Waals surface area contributed by atoms with Gasteiger partial charge in [0.05, 0.1) is 34.0 Å². The zero-order chi connectivity index (χ0) is 21.5. The summed E-state index contributed by atoms with van der Waals surface area (Å²) in [6, 6.07) is 11.3. The van der Waals surface area contributed by atoms with E-state index in [0.29, 0.717) is 36.8 Å². The van der Waals surface area contributed by atoms with E-state index in [2.05, 4.69) is 0 Å². The number of methoxy groups -OCH3 is 4. The Bertz CT molecular complexity index is 939. The standard InChI is InChI=1S/C24H27NO5/c1-27-19-7-5-6-17(14-19)8-9-23(26)25-12-10-18(11-13-25)24-21(29-3)15-20(28-2)16-22(24)30-4/h5-10,14-16H,11-13H2,1-4H3/b9-8+. The molecule has 1 aliphatic heterocycles. The van der Waals surface area contributed by atoms with Gasteiger partial charge in [0.15, 0.2) is 0 Å². The first-order valence-corrected chi connectivity index (χ1v) is 9.70. The fourth-order valence-electron chi connectivity index (χ4n) is 3.44. The lowest BCUT2D eigenvalue weighted by Crippen LogP contribution is -2.33. The second kappa shape index (κ2) is 9.87. The zero-order valence-corrected chi connectivity index (χ0v) is 17.8. The number of nitrogens with zero attached hydrogens (tertiary/aromatic N) is 1. The highest BCUT2D eigenvalue weighted by Crippen LogP contribution is 2.40. The van der Waals surface area contributed by atoms with Crippen molar-refractivity contribution in [2.45, 2.75) is 6.42 Å². The second-order valence-corrected chi connectivity index (χ2v) is 6.78. The van der Waals surface area contributed by atoms with Gasteiger partial charge in [-0.1, -0.05) is 18.2 Å². The Morgan fingerprint density at radius 1 is 0.933 bits per heavy atom. The van der Waals surface area contributed by atoms with Gasteiger partial charge in [0.2, 0.25) is 5.91 Å². The average molecular weight is 409 g/mol. The van der Waals surface area contributed by atoms with Crippen LogP contribution in [0.5, 0.6) is 23.0 Å². The lowest BCUT2D eigenvalue weighted by atomic mass is 9.97. The van der Waals surface area contributed by atoms with Gasteiger partial charge in [-0.15, -0.1) is 0 Å². The first kappa shape index (κ1) is 21.3. The van der Waals surface area contributed by atoms with Gasteiger partial charge in [0.1, 0.15) is 23.0 Å². The molecule has 3 rings (SSSR count). The second-order valence-electron chi connectivity index (χ2n) is 6.78. The summed E-state index contributed by atoms with van der Waals surface area (Å²) < 4.78 is 21.7. The molecular formula is C24H27NO5. The van der Waals surface area contributed by atoms with Crippen LogP contribution in [0.2, 0.25) is 0 Å². The van der Waals surface area contributed by atoms with Crippen molar-refractivity contribution < 1.29 is 23.7 Å². The van der Waals surface area contributed by atoms with Gasteiger partial charge in [-0.05, 0) is 35.8 Å². The molecule has 158 valence electrons. The molecule has 1 amide bonds. The summed E-state index contributed by atoms with van der Waals surface area (Å²) in [6.07, 6.45) is 6.16. The summed E-state index contributed by atoms with van der Waals surface area (Å²) in [6.45, 7) is 1.14. The van der Waals surface area contributed by atoms with E-state index in [9.17, 15) is 4.79 Å². The molecular weight excluding hydrogens is 382 g/mol. The van der Waals surface area contributed by atoms with Crippen molar-refractivity contribution in [2.75, 3.05) is 41.5 Å². The highest BCUT2D eigenvalue weighted by Gasteiger charge is 2.22. The molecule has 0 fully saturated rings. The molecule has 6 nitrogen and oxygen atoms in total. The lowest BCUT2D eigenvalue weighted by molar-refractivity contribution is -0.125. The Balaban J connectivity index is 1.75. The third-order valence-corrected chi connectivity index (χ3v) is 5.07. The van der Waals surface area contributed by atoms with Crippen molar-refractivity contribution in [3.63, 3.8) is 0 Å². The van der Waals surface area contributed by atoms with Gasteiger partial charge in [-0.25, -0.2) is 0 Å². The molecule has 0 aliphatic carbocycles. The number of ether oxygens (including phenoxy) is 4. The van der Waals surface area contributed by atoms with Crippen LogP contribution >= 0.6 is 0 Å².